The summed E-state index contributed by atoms with van der Waals surface area (Å²) in [7, 11) is 0. The van der Waals surface area contributed by atoms with Crippen LogP contribution in [0.1, 0.15) is 28.3 Å². The molecule has 156 valence electrons. The molecule has 0 saturated heterocycles. The second-order valence-electron chi connectivity index (χ2n) is 7.16. The smallest absolute Gasteiger partial charge is 0.316 e. The van der Waals surface area contributed by atoms with Crippen molar-refractivity contribution in [3.63, 3.8) is 0 Å². The molecule has 0 bridgehead atoms. The van der Waals surface area contributed by atoms with Crippen molar-refractivity contribution in [1.82, 2.24) is 0 Å². The molecule has 3 aromatic rings. The normalized spacial score (nSPS) is 12.4. The number of nitrogens with two attached hydrogens (primary N) is 1. The van der Waals surface area contributed by atoms with E-state index in [0.717, 1.165) is 17.7 Å². The third-order valence-electron chi connectivity index (χ3n) is 4.94. The Balaban J connectivity index is 1.81. The summed E-state index contributed by atoms with van der Waals surface area (Å²) in [6, 6.07) is 20.8. The van der Waals surface area contributed by atoms with E-state index in [1.165, 1.54) is 12.1 Å². The van der Waals surface area contributed by atoms with Gasteiger partial charge in [-0.25, -0.2) is 0 Å². The van der Waals surface area contributed by atoms with Crippen molar-refractivity contribution < 1.29 is 18.0 Å². The first-order valence-electron chi connectivity index (χ1n) is 9.60. The van der Waals surface area contributed by atoms with E-state index in [-0.39, 0.29) is 5.91 Å². The minimum atomic E-state index is -4.37. The summed E-state index contributed by atoms with van der Waals surface area (Å²) < 4.78 is 38.3. The molecule has 0 fully saturated rings. The Bertz CT molecular complexity index is 968. The Labute approximate surface area is 173 Å². The van der Waals surface area contributed by atoms with Gasteiger partial charge in [0.05, 0.1) is 5.56 Å². The number of carbonyl (C=O) groups excluding carboxylic acids is 1. The highest BCUT2D eigenvalue weighted by Crippen LogP contribution is 2.29. The highest BCUT2D eigenvalue weighted by molar-refractivity contribution is 5.97. The van der Waals surface area contributed by atoms with Crippen LogP contribution in [-0.2, 0) is 17.4 Å². The minimum absolute atomic E-state index is 0.267. The summed E-state index contributed by atoms with van der Waals surface area (Å²) >= 11 is 0. The van der Waals surface area contributed by atoms with Crippen LogP contribution in [0, 0.1) is 6.92 Å². The topological polar surface area (TPSA) is 46.3 Å². The summed E-state index contributed by atoms with van der Waals surface area (Å²) in [5.41, 5.74) is 8.70. The first-order chi connectivity index (χ1) is 14.3. The van der Waals surface area contributed by atoms with Gasteiger partial charge in [0.2, 0.25) is 5.91 Å². The van der Waals surface area contributed by atoms with Crippen LogP contribution < -0.4 is 10.6 Å². The van der Waals surface area contributed by atoms with Gasteiger partial charge in [-0.3, -0.25) is 4.79 Å². The third kappa shape index (κ3) is 5.27. The number of carbonyl (C=O) groups is 1. The second-order valence-corrected chi connectivity index (χ2v) is 7.16. The number of benzene rings is 3. The van der Waals surface area contributed by atoms with Crippen LogP contribution in [0.25, 0.3) is 0 Å². The SMILES string of the molecule is Cc1ccc(N(CCc2ccc(C(F)(F)F)cc2)C(=O)[C@@H](N)c2ccccc2)cc1. The number of hydrogen-bond donors (Lipinski definition) is 1. The molecule has 0 aliphatic carbocycles. The molecule has 6 heteroatoms. The van der Waals surface area contributed by atoms with Gasteiger partial charge < -0.3 is 10.6 Å². The summed E-state index contributed by atoms with van der Waals surface area (Å²) in [5, 5.41) is 0. The average Bonchev–Trinajstić information content (AvgIpc) is 2.74. The fourth-order valence-corrected chi connectivity index (χ4v) is 3.16. The maximum atomic E-state index is 13.2. The molecule has 0 aromatic heterocycles. The van der Waals surface area contributed by atoms with E-state index in [0.29, 0.717) is 29.8 Å². The van der Waals surface area contributed by atoms with Crippen LogP contribution in [-0.4, -0.2) is 12.5 Å². The number of aryl methyl sites for hydroxylation is 1. The molecule has 30 heavy (non-hydrogen) atoms. The van der Waals surface area contributed by atoms with Crippen molar-refractivity contribution in [2.75, 3.05) is 11.4 Å². The standard InChI is InChI=1S/C24H23F3N2O/c1-17-7-13-21(14-8-17)29(23(30)22(28)19-5-3-2-4-6-19)16-15-18-9-11-20(12-10-18)24(25,26)27/h2-14,22H,15-16,28H2,1H3/t22-/m0/s1. The Kier molecular flexibility index (Phi) is 6.57. The molecule has 2 N–H and O–H groups in total. The zero-order valence-electron chi connectivity index (χ0n) is 16.6. The van der Waals surface area contributed by atoms with E-state index in [4.69, 9.17) is 5.73 Å². The molecule has 3 rings (SSSR count). The Hall–Kier alpha value is -3.12. The van der Waals surface area contributed by atoms with Crippen molar-refractivity contribution >= 4 is 11.6 Å². The highest BCUT2D eigenvalue weighted by atomic mass is 19.4. The van der Waals surface area contributed by atoms with Crippen molar-refractivity contribution in [2.24, 2.45) is 5.73 Å². The predicted octanol–water partition coefficient (Wildman–Crippen LogP) is 5.29. The Morgan fingerprint density at radius 3 is 2.10 bits per heavy atom. The molecule has 0 saturated carbocycles. The minimum Gasteiger partial charge on any atom is -0.316 e. The molecular weight excluding hydrogens is 389 g/mol. The van der Waals surface area contributed by atoms with Gasteiger partial charge in [0.25, 0.3) is 0 Å². The average molecular weight is 412 g/mol. The van der Waals surface area contributed by atoms with Crippen LogP contribution in [0.3, 0.4) is 0 Å². The summed E-state index contributed by atoms with van der Waals surface area (Å²) in [6.45, 7) is 2.25. The van der Waals surface area contributed by atoms with Crippen LogP contribution >= 0.6 is 0 Å². The molecule has 0 aliphatic heterocycles. The number of rotatable bonds is 6. The van der Waals surface area contributed by atoms with E-state index in [2.05, 4.69) is 0 Å². The number of nitrogens with zero attached hydrogens (tertiary/aromatic N) is 1. The van der Waals surface area contributed by atoms with Gasteiger partial charge in [-0.05, 0) is 48.7 Å². The van der Waals surface area contributed by atoms with Crippen LogP contribution in [0.5, 0.6) is 0 Å². The van der Waals surface area contributed by atoms with Crippen LogP contribution in [0.4, 0.5) is 18.9 Å². The number of hydrogen-bond acceptors (Lipinski definition) is 2. The lowest BCUT2D eigenvalue weighted by Gasteiger charge is -2.26. The van der Waals surface area contributed by atoms with Crippen molar-refractivity contribution in [1.29, 1.82) is 0 Å². The van der Waals surface area contributed by atoms with E-state index in [1.54, 1.807) is 17.0 Å². The fraction of sp³-hybridized carbons (Fsp3) is 0.208. The van der Waals surface area contributed by atoms with E-state index >= 15 is 0 Å². The van der Waals surface area contributed by atoms with E-state index < -0.39 is 17.8 Å². The Morgan fingerprint density at radius 1 is 0.933 bits per heavy atom. The van der Waals surface area contributed by atoms with Gasteiger partial charge in [-0.2, -0.15) is 13.2 Å². The van der Waals surface area contributed by atoms with Gasteiger partial charge in [0.15, 0.2) is 0 Å². The van der Waals surface area contributed by atoms with Crippen molar-refractivity contribution in [3.05, 3.63) is 101 Å². The van der Waals surface area contributed by atoms with Crippen molar-refractivity contribution in [3.8, 4) is 0 Å². The largest absolute Gasteiger partial charge is 0.416 e. The summed E-state index contributed by atoms with van der Waals surface area (Å²) in [5.74, 6) is -0.267. The lowest BCUT2D eigenvalue weighted by atomic mass is 10.0. The van der Waals surface area contributed by atoms with Gasteiger partial charge >= 0.3 is 6.18 Å². The molecule has 0 aliphatic rings. The highest BCUT2D eigenvalue weighted by Gasteiger charge is 2.30. The molecule has 0 radical (unpaired) electrons. The molecule has 0 unspecified atom stereocenters. The molecule has 0 heterocycles. The molecule has 1 atom stereocenters. The number of amides is 1. The lowest BCUT2D eigenvalue weighted by Crippen LogP contribution is -2.40. The van der Waals surface area contributed by atoms with Crippen molar-refractivity contribution in [2.45, 2.75) is 25.6 Å². The van der Waals surface area contributed by atoms with Crippen LogP contribution in [0.15, 0.2) is 78.9 Å². The predicted molar refractivity (Wildman–Crippen MR) is 112 cm³/mol. The number of halogens is 3. The first-order valence-corrected chi connectivity index (χ1v) is 9.60. The first kappa shape index (κ1) is 21.6. The van der Waals surface area contributed by atoms with Gasteiger partial charge in [0, 0.05) is 12.2 Å². The van der Waals surface area contributed by atoms with Crippen LogP contribution in [0.2, 0.25) is 0 Å². The third-order valence-corrected chi connectivity index (χ3v) is 4.94. The maximum Gasteiger partial charge on any atom is 0.416 e. The summed E-state index contributed by atoms with van der Waals surface area (Å²) in [4.78, 5) is 14.8. The Morgan fingerprint density at radius 2 is 1.53 bits per heavy atom. The molecular formula is C24H23F3N2O. The lowest BCUT2D eigenvalue weighted by molar-refractivity contribution is -0.137. The van der Waals surface area contributed by atoms with E-state index in [9.17, 15) is 18.0 Å². The van der Waals surface area contributed by atoms with Gasteiger partial charge in [0.1, 0.15) is 6.04 Å². The molecule has 3 nitrogen and oxygen atoms in total. The number of anilines is 1. The molecule has 0 spiro atoms. The second kappa shape index (κ2) is 9.13. The fourth-order valence-electron chi connectivity index (χ4n) is 3.16. The molecule has 1 amide bonds. The van der Waals surface area contributed by atoms with Gasteiger partial charge in [-0.1, -0.05) is 60.2 Å². The monoisotopic (exact) mass is 412 g/mol. The quantitative estimate of drug-likeness (QED) is 0.598. The van der Waals surface area contributed by atoms with E-state index in [1.807, 2.05) is 49.4 Å². The molecule has 3 aromatic carbocycles. The zero-order valence-corrected chi connectivity index (χ0v) is 16.6. The maximum absolute atomic E-state index is 13.2. The zero-order chi connectivity index (χ0) is 21.7. The number of alkyl halides is 3. The summed E-state index contributed by atoms with van der Waals surface area (Å²) in [6.07, 6.45) is -3.97. The van der Waals surface area contributed by atoms with Gasteiger partial charge in [-0.15, -0.1) is 0 Å².